The number of hydrogen-bond acceptors (Lipinski definition) is 2. The van der Waals surface area contributed by atoms with Crippen molar-refractivity contribution in [3.8, 4) is 0 Å². The van der Waals surface area contributed by atoms with Crippen molar-refractivity contribution in [1.29, 1.82) is 0 Å². The second kappa shape index (κ2) is 6.55. The van der Waals surface area contributed by atoms with Crippen molar-refractivity contribution in [3.05, 3.63) is 84.4 Å². The third-order valence-electron chi connectivity index (χ3n) is 2.76. The molecule has 0 aliphatic rings. The minimum atomic E-state index is -0.366. The summed E-state index contributed by atoms with van der Waals surface area (Å²) in [6.07, 6.45) is 1.40. The molecule has 2 nitrogen and oxygen atoms in total. The monoisotopic (exact) mass is 252 g/mol. The molecule has 0 fully saturated rings. The minimum absolute atomic E-state index is 0.218. The normalized spacial score (nSPS) is 10.2. The molecule has 2 heteroatoms. The molecule has 0 saturated carbocycles. The Morgan fingerprint density at radius 1 is 1.00 bits per heavy atom. The van der Waals surface area contributed by atoms with E-state index in [1.807, 2.05) is 60.7 Å². The SMILES string of the molecule is C=CCC(=O)OC(c1ccccc1)c1ccccc1. The highest BCUT2D eigenvalue weighted by atomic mass is 16.5. The smallest absolute Gasteiger partial charge is 0.310 e. The number of rotatable bonds is 5. The summed E-state index contributed by atoms with van der Waals surface area (Å²) in [4.78, 5) is 11.7. The van der Waals surface area contributed by atoms with E-state index >= 15 is 0 Å². The van der Waals surface area contributed by atoms with E-state index < -0.39 is 0 Å². The lowest BCUT2D eigenvalue weighted by Crippen LogP contribution is -2.11. The van der Waals surface area contributed by atoms with Gasteiger partial charge in [-0.15, -0.1) is 6.58 Å². The Kier molecular flexibility index (Phi) is 4.51. The molecular weight excluding hydrogens is 236 g/mol. The van der Waals surface area contributed by atoms with Gasteiger partial charge in [0.05, 0.1) is 6.42 Å². The Morgan fingerprint density at radius 2 is 1.47 bits per heavy atom. The number of carbonyl (C=O) groups excluding carboxylic acids is 1. The van der Waals surface area contributed by atoms with Crippen molar-refractivity contribution >= 4 is 5.97 Å². The molecule has 0 heterocycles. The highest BCUT2D eigenvalue weighted by Gasteiger charge is 2.17. The molecule has 0 spiro atoms. The van der Waals surface area contributed by atoms with Crippen LogP contribution in [0, 0.1) is 0 Å². The van der Waals surface area contributed by atoms with E-state index in [-0.39, 0.29) is 18.5 Å². The molecule has 2 aromatic rings. The van der Waals surface area contributed by atoms with Crippen molar-refractivity contribution in [1.82, 2.24) is 0 Å². The molecule has 96 valence electrons. The molecule has 19 heavy (non-hydrogen) atoms. The zero-order valence-corrected chi connectivity index (χ0v) is 10.7. The molecule has 0 unspecified atom stereocenters. The summed E-state index contributed by atoms with van der Waals surface area (Å²) in [6, 6.07) is 19.5. The van der Waals surface area contributed by atoms with Gasteiger partial charge in [0.1, 0.15) is 0 Å². The number of hydrogen-bond donors (Lipinski definition) is 0. The number of ether oxygens (including phenoxy) is 1. The summed E-state index contributed by atoms with van der Waals surface area (Å²) in [7, 11) is 0. The van der Waals surface area contributed by atoms with Gasteiger partial charge in [-0.05, 0) is 11.1 Å². The van der Waals surface area contributed by atoms with Crippen LogP contribution in [0.3, 0.4) is 0 Å². The second-order valence-electron chi connectivity index (χ2n) is 4.18. The van der Waals surface area contributed by atoms with Gasteiger partial charge in [-0.2, -0.15) is 0 Å². The first kappa shape index (κ1) is 13.1. The molecule has 0 saturated heterocycles. The van der Waals surface area contributed by atoms with E-state index in [9.17, 15) is 4.79 Å². The van der Waals surface area contributed by atoms with Gasteiger partial charge in [0, 0.05) is 0 Å². The van der Waals surface area contributed by atoms with Crippen LogP contribution < -0.4 is 0 Å². The summed E-state index contributed by atoms with van der Waals surface area (Å²) in [6.45, 7) is 3.55. The second-order valence-corrected chi connectivity index (χ2v) is 4.18. The maximum atomic E-state index is 11.7. The van der Waals surface area contributed by atoms with E-state index in [2.05, 4.69) is 6.58 Å². The molecular formula is C17H16O2. The summed E-state index contributed by atoms with van der Waals surface area (Å²) in [5.41, 5.74) is 1.93. The minimum Gasteiger partial charge on any atom is -0.452 e. The number of carbonyl (C=O) groups is 1. The number of benzene rings is 2. The zero-order valence-electron chi connectivity index (χ0n) is 10.7. The van der Waals surface area contributed by atoms with E-state index in [1.165, 1.54) is 0 Å². The van der Waals surface area contributed by atoms with Crippen molar-refractivity contribution in [2.24, 2.45) is 0 Å². The van der Waals surface area contributed by atoms with E-state index in [0.29, 0.717) is 0 Å². The van der Waals surface area contributed by atoms with Crippen LogP contribution in [0.4, 0.5) is 0 Å². The average Bonchev–Trinajstić information content (AvgIpc) is 2.47. The highest BCUT2D eigenvalue weighted by molar-refractivity contribution is 5.71. The molecule has 2 rings (SSSR count). The topological polar surface area (TPSA) is 26.3 Å². The van der Waals surface area contributed by atoms with Crippen LogP contribution >= 0.6 is 0 Å². The molecule has 0 aliphatic carbocycles. The van der Waals surface area contributed by atoms with Gasteiger partial charge in [0.2, 0.25) is 0 Å². The Balaban J connectivity index is 2.29. The molecule has 0 aromatic heterocycles. The average molecular weight is 252 g/mol. The van der Waals surface area contributed by atoms with Gasteiger partial charge >= 0.3 is 5.97 Å². The van der Waals surface area contributed by atoms with Crippen LogP contribution in [0.5, 0.6) is 0 Å². The van der Waals surface area contributed by atoms with Gasteiger partial charge in [-0.25, -0.2) is 0 Å². The van der Waals surface area contributed by atoms with Crippen molar-refractivity contribution in [2.75, 3.05) is 0 Å². The van der Waals surface area contributed by atoms with Gasteiger partial charge in [-0.3, -0.25) is 4.79 Å². The highest BCUT2D eigenvalue weighted by Crippen LogP contribution is 2.26. The summed E-state index contributed by atoms with van der Waals surface area (Å²) < 4.78 is 5.55. The first-order valence-corrected chi connectivity index (χ1v) is 6.21. The standard InChI is InChI=1S/C17H16O2/c1-2-9-16(18)19-17(14-10-5-3-6-11-14)15-12-7-4-8-13-15/h2-8,10-13,17H,1,9H2. The third kappa shape index (κ3) is 3.55. The van der Waals surface area contributed by atoms with Crippen LogP contribution in [-0.4, -0.2) is 5.97 Å². The first-order chi connectivity index (χ1) is 9.31. The lowest BCUT2D eigenvalue weighted by atomic mass is 10.0. The predicted octanol–water partition coefficient (Wildman–Crippen LogP) is 3.90. The first-order valence-electron chi connectivity index (χ1n) is 6.21. The van der Waals surface area contributed by atoms with Crippen molar-refractivity contribution in [2.45, 2.75) is 12.5 Å². The van der Waals surface area contributed by atoms with Gasteiger partial charge in [-0.1, -0.05) is 66.7 Å². The van der Waals surface area contributed by atoms with Crippen molar-refractivity contribution < 1.29 is 9.53 Å². The quantitative estimate of drug-likeness (QED) is 0.596. The molecule has 0 N–H and O–H groups in total. The molecule has 0 bridgehead atoms. The third-order valence-corrected chi connectivity index (χ3v) is 2.76. The lowest BCUT2D eigenvalue weighted by molar-refractivity contribution is -0.146. The Labute approximate surface area is 113 Å². The van der Waals surface area contributed by atoms with E-state index in [4.69, 9.17) is 4.74 Å². The largest absolute Gasteiger partial charge is 0.452 e. The predicted molar refractivity (Wildman–Crippen MR) is 75.6 cm³/mol. The fraction of sp³-hybridized carbons (Fsp3) is 0.118. The van der Waals surface area contributed by atoms with Crippen LogP contribution in [-0.2, 0) is 9.53 Å². The maximum absolute atomic E-state index is 11.7. The Bertz CT molecular complexity index is 492. The van der Waals surface area contributed by atoms with Crippen LogP contribution in [0.25, 0.3) is 0 Å². The molecule has 0 amide bonds. The molecule has 0 aliphatic heterocycles. The zero-order chi connectivity index (χ0) is 13.5. The number of esters is 1. The van der Waals surface area contributed by atoms with Crippen LogP contribution in [0.1, 0.15) is 23.7 Å². The van der Waals surface area contributed by atoms with E-state index in [0.717, 1.165) is 11.1 Å². The lowest BCUT2D eigenvalue weighted by Gasteiger charge is -2.18. The summed E-state index contributed by atoms with van der Waals surface area (Å²) in [5, 5.41) is 0. The summed E-state index contributed by atoms with van der Waals surface area (Å²) >= 11 is 0. The van der Waals surface area contributed by atoms with E-state index in [1.54, 1.807) is 6.08 Å². The summed E-state index contributed by atoms with van der Waals surface area (Å²) in [5.74, 6) is -0.271. The molecule has 0 radical (unpaired) electrons. The Hall–Kier alpha value is -2.35. The van der Waals surface area contributed by atoms with Gasteiger partial charge in [0.15, 0.2) is 6.10 Å². The van der Waals surface area contributed by atoms with Crippen LogP contribution in [0.2, 0.25) is 0 Å². The fourth-order valence-electron chi connectivity index (χ4n) is 1.88. The fourth-order valence-corrected chi connectivity index (χ4v) is 1.88. The maximum Gasteiger partial charge on any atom is 0.310 e. The van der Waals surface area contributed by atoms with Crippen LogP contribution in [0.15, 0.2) is 73.3 Å². The van der Waals surface area contributed by atoms with Gasteiger partial charge < -0.3 is 4.74 Å². The Morgan fingerprint density at radius 3 is 1.89 bits per heavy atom. The van der Waals surface area contributed by atoms with Gasteiger partial charge in [0.25, 0.3) is 0 Å². The van der Waals surface area contributed by atoms with Crippen molar-refractivity contribution in [3.63, 3.8) is 0 Å². The molecule has 2 aromatic carbocycles. The molecule has 0 atom stereocenters.